The van der Waals surface area contributed by atoms with Crippen molar-refractivity contribution in [2.24, 2.45) is 0 Å². The number of nitrogens with one attached hydrogen (secondary N) is 1. The summed E-state index contributed by atoms with van der Waals surface area (Å²) in [6.07, 6.45) is 0. The molecule has 0 unspecified atom stereocenters. The third kappa shape index (κ3) is 2.42. The molecule has 8 nitrogen and oxygen atoms in total. The lowest BCUT2D eigenvalue weighted by molar-refractivity contribution is 0.405. The smallest absolute Gasteiger partial charge is 0.275 e. The normalized spacial score (nSPS) is 10.6. The second kappa shape index (κ2) is 5.23. The molecule has 0 aliphatic carbocycles. The van der Waals surface area contributed by atoms with E-state index in [4.69, 9.17) is 9.47 Å². The molecule has 0 aliphatic heterocycles. The van der Waals surface area contributed by atoms with Crippen molar-refractivity contribution in [3.8, 4) is 11.5 Å². The fraction of sp³-hybridized carbons (Fsp3) is 0.231. The van der Waals surface area contributed by atoms with Crippen molar-refractivity contribution in [3.05, 3.63) is 30.0 Å². The van der Waals surface area contributed by atoms with Crippen LogP contribution in [0.15, 0.2) is 24.3 Å². The third-order valence-corrected chi connectivity index (χ3v) is 2.97. The Morgan fingerprint density at radius 2 is 2.00 bits per heavy atom. The van der Waals surface area contributed by atoms with Crippen molar-refractivity contribution in [1.29, 1.82) is 0 Å². The zero-order valence-corrected chi connectivity index (χ0v) is 11.9. The van der Waals surface area contributed by atoms with Gasteiger partial charge in [-0.1, -0.05) is 5.10 Å². The summed E-state index contributed by atoms with van der Waals surface area (Å²) in [5.74, 6) is 2.52. The molecule has 0 amide bonds. The molecule has 1 aromatic carbocycles. The molecule has 0 aliphatic rings. The largest absolute Gasteiger partial charge is 0.497 e. The molecule has 0 bridgehead atoms. The fourth-order valence-electron chi connectivity index (χ4n) is 2.00. The van der Waals surface area contributed by atoms with Gasteiger partial charge in [-0.25, -0.2) is 4.98 Å². The first-order valence-electron chi connectivity index (χ1n) is 6.26. The van der Waals surface area contributed by atoms with Crippen LogP contribution in [0.2, 0.25) is 0 Å². The van der Waals surface area contributed by atoms with Gasteiger partial charge in [-0.3, -0.25) is 0 Å². The average Bonchev–Trinajstić information content (AvgIpc) is 2.95. The predicted molar refractivity (Wildman–Crippen MR) is 76.1 cm³/mol. The summed E-state index contributed by atoms with van der Waals surface area (Å²) in [5.41, 5.74) is 1.56. The van der Waals surface area contributed by atoms with E-state index in [1.54, 1.807) is 14.2 Å². The van der Waals surface area contributed by atoms with Crippen LogP contribution >= 0.6 is 0 Å². The Labute approximate surface area is 120 Å². The lowest BCUT2D eigenvalue weighted by Crippen LogP contribution is -2.04. The van der Waals surface area contributed by atoms with Crippen molar-refractivity contribution in [1.82, 2.24) is 25.0 Å². The number of methoxy groups -OCH3 is 2. The van der Waals surface area contributed by atoms with E-state index < -0.39 is 0 Å². The molecule has 2 heterocycles. The van der Waals surface area contributed by atoms with E-state index in [-0.39, 0.29) is 0 Å². The highest BCUT2D eigenvalue weighted by Crippen LogP contribution is 2.31. The predicted octanol–water partition coefficient (Wildman–Crippen LogP) is 1.59. The first kappa shape index (κ1) is 13.1. The molecule has 0 spiro atoms. The van der Waals surface area contributed by atoms with Gasteiger partial charge in [-0.15, -0.1) is 0 Å². The van der Waals surface area contributed by atoms with Gasteiger partial charge in [0.1, 0.15) is 17.3 Å². The second-order valence-corrected chi connectivity index (χ2v) is 4.36. The Bertz CT molecular complexity index is 785. The number of hydrogen-bond donors (Lipinski definition) is 1. The van der Waals surface area contributed by atoms with Gasteiger partial charge in [0.05, 0.1) is 19.9 Å². The summed E-state index contributed by atoms with van der Waals surface area (Å²) in [7, 11) is 3.22. The van der Waals surface area contributed by atoms with Crippen LogP contribution in [0.3, 0.4) is 0 Å². The van der Waals surface area contributed by atoms with E-state index in [9.17, 15) is 0 Å². The lowest BCUT2D eigenvalue weighted by Gasteiger charge is -2.13. The van der Waals surface area contributed by atoms with E-state index in [0.29, 0.717) is 17.3 Å². The van der Waals surface area contributed by atoms with E-state index in [0.717, 1.165) is 17.1 Å². The highest BCUT2D eigenvalue weighted by atomic mass is 16.5. The fourth-order valence-corrected chi connectivity index (χ4v) is 2.00. The van der Waals surface area contributed by atoms with Gasteiger partial charge in [0.25, 0.3) is 5.78 Å². The first-order valence-corrected chi connectivity index (χ1v) is 6.26. The molecule has 8 heteroatoms. The molecule has 3 rings (SSSR count). The number of rotatable bonds is 4. The van der Waals surface area contributed by atoms with Crippen LogP contribution in [-0.2, 0) is 0 Å². The maximum Gasteiger partial charge on any atom is 0.275 e. The van der Waals surface area contributed by atoms with Crippen molar-refractivity contribution < 1.29 is 9.47 Å². The van der Waals surface area contributed by atoms with Gasteiger partial charge >= 0.3 is 0 Å². The maximum atomic E-state index is 5.35. The summed E-state index contributed by atoms with van der Waals surface area (Å²) >= 11 is 0. The van der Waals surface area contributed by atoms with Crippen LogP contribution in [0.25, 0.3) is 5.78 Å². The SMILES string of the molecule is COc1ccc(OC)c(Nc2cc(C)nc3nnnn23)c1. The first-order chi connectivity index (χ1) is 10.2. The van der Waals surface area contributed by atoms with E-state index in [1.165, 1.54) is 4.52 Å². The Balaban J connectivity index is 2.07. The molecule has 108 valence electrons. The average molecular weight is 286 g/mol. The van der Waals surface area contributed by atoms with Gasteiger partial charge in [-0.2, -0.15) is 4.52 Å². The molecule has 0 atom stereocenters. The number of aryl methyl sites for hydroxylation is 1. The topological polar surface area (TPSA) is 86.5 Å². The summed E-state index contributed by atoms with van der Waals surface area (Å²) in [5, 5.41) is 14.6. The third-order valence-electron chi connectivity index (χ3n) is 2.97. The molecule has 0 fully saturated rings. The monoisotopic (exact) mass is 286 g/mol. The van der Waals surface area contributed by atoms with Crippen molar-refractivity contribution in [2.75, 3.05) is 19.5 Å². The summed E-state index contributed by atoms with van der Waals surface area (Å²) in [4.78, 5) is 4.25. The summed E-state index contributed by atoms with van der Waals surface area (Å²) in [6, 6.07) is 7.34. The van der Waals surface area contributed by atoms with Crippen LogP contribution in [0, 0.1) is 6.92 Å². The molecule has 3 aromatic rings. The Morgan fingerprint density at radius 3 is 2.76 bits per heavy atom. The number of aromatic nitrogens is 5. The zero-order chi connectivity index (χ0) is 14.8. The number of benzene rings is 1. The minimum atomic E-state index is 0.430. The Kier molecular flexibility index (Phi) is 3.27. The number of tetrazole rings is 1. The molecule has 0 saturated heterocycles. The van der Waals surface area contributed by atoms with Gasteiger partial charge in [0.15, 0.2) is 0 Å². The second-order valence-electron chi connectivity index (χ2n) is 4.36. The van der Waals surface area contributed by atoms with Crippen LogP contribution in [0.1, 0.15) is 5.69 Å². The Morgan fingerprint density at radius 1 is 1.14 bits per heavy atom. The highest BCUT2D eigenvalue weighted by molar-refractivity contribution is 5.67. The van der Waals surface area contributed by atoms with Gasteiger partial charge in [0.2, 0.25) is 0 Å². The van der Waals surface area contributed by atoms with Crippen molar-refractivity contribution in [3.63, 3.8) is 0 Å². The molecular weight excluding hydrogens is 272 g/mol. The number of hydrogen-bond acceptors (Lipinski definition) is 7. The number of fused-ring (bicyclic) bond motifs is 1. The summed E-state index contributed by atoms with van der Waals surface area (Å²) < 4.78 is 12.1. The van der Waals surface area contributed by atoms with Gasteiger partial charge < -0.3 is 14.8 Å². The van der Waals surface area contributed by atoms with Crippen LogP contribution in [0.4, 0.5) is 11.5 Å². The number of nitrogens with zero attached hydrogens (tertiary/aromatic N) is 5. The molecule has 21 heavy (non-hydrogen) atoms. The standard InChI is InChI=1S/C13H14N6O2/c1-8-6-12(19-13(14-8)16-17-18-19)15-10-7-9(20-2)4-5-11(10)21-3/h4-7,15H,1-3H3. The van der Waals surface area contributed by atoms with E-state index >= 15 is 0 Å². The van der Waals surface area contributed by atoms with Gasteiger partial charge in [0, 0.05) is 17.8 Å². The highest BCUT2D eigenvalue weighted by Gasteiger charge is 2.10. The molecule has 0 saturated carbocycles. The van der Waals surface area contributed by atoms with Crippen LogP contribution in [-0.4, -0.2) is 39.2 Å². The molecular formula is C13H14N6O2. The number of ether oxygens (including phenoxy) is 2. The minimum absolute atomic E-state index is 0.430. The van der Waals surface area contributed by atoms with Crippen LogP contribution < -0.4 is 14.8 Å². The minimum Gasteiger partial charge on any atom is -0.497 e. The quantitative estimate of drug-likeness (QED) is 0.779. The maximum absolute atomic E-state index is 5.35. The molecule has 0 radical (unpaired) electrons. The van der Waals surface area contributed by atoms with Crippen molar-refractivity contribution in [2.45, 2.75) is 6.92 Å². The van der Waals surface area contributed by atoms with Gasteiger partial charge in [-0.05, 0) is 29.5 Å². The summed E-state index contributed by atoms with van der Waals surface area (Å²) in [6.45, 7) is 1.88. The lowest BCUT2D eigenvalue weighted by atomic mass is 10.2. The van der Waals surface area contributed by atoms with E-state index in [2.05, 4.69) is 25.8 Å². The number of anilines is 2. The van der Waals surface area contributed by atoms with Crippen molar-refractivity contribution >= 4 is 17.3 Å². The zero-order valence-electron chi connectivity index (χ0n) is 11.9. The molecule has 2 aromatic heterocycles. The van der Waals surface area contributed by atoms with Crippen LogP contribution in [0.5, 0.6) is 11.5 Å². The Hall–Kier alpha value is -2.90. The molecule has 1 N–H and O–H groups in total. The van der Waals surface area contributed by atoms with E-state index in [1.807, 2.05) is 31.2 Å².